The summed E-state index contributed by atoms with van der Waals surface area (Å²) < 4.78 is 5.11. The maximum atomic E-state index is 11.0. The van der Waals surface area contributed by atoms with E-state index in [4.69, 9.17) is 9.84 Å². The van der Waals surface area contributed by atoms with Gasteiger partial charge in [-0.1, -0.05) is 48.5 Å². The fourth-order valence-electron chi connectivity index (χ4n) is 2.46. The Morgan fingerprint density at radius 1 is 1.10 bits per heavy atom. The Kier molecular flexibility index (Phi) is 4.99. The van der Waals surface area contributed by atoms with Crippen molar-refractivity contribution in [2.45, 2.75) is 32.8 Å². The van der Waals surface area contributed by atoms with Gasteiger partial charge in [0.25, 0.3) is 0 Å². The van der Waals surface area contributed by atoms with Crippen molar-refractivity contribution < 1.29 is 14.6 Å². The van der Waals surface area contributed by atoms with Gasteiger partial charge in [0.05, 0.1) is 0 Å². The molecule has 0 heterocycles. The van der Waals surface area contributed by atoms with E-state index in [2.05, 4.69) is 0 Å². The zero-order valence-electron chi connectivity index (χ0n) is 12.4. The molecule has 2 aromatic carbocycles. The molecule has 0 amide bonds. The second-order valence-corrected chi connectivity index (χ2v) is 5.19. The van der Waals surface area contributed by atoms with Crippen molar-refractivity contribution in [1.82, 2.24) is 0 Å². The Morgan fingerprint density at radius 3 is 2.48 bits per heavy atom. The molecule has 0 spiro atoms. The van der Waals surface area contributed by atoms with E-state index in [-0.39, 0.29) is 0 Å². The lowest BCUT2D eigenvalue weighted by atomic mass is 9.95. The van der Waals surface area contributed by atoms with Gasteiger partial charge in [-0.3, -0.25) is 0 Å². The van der Waals surface area contributed by atoms with Crippen molar-refractivity contribution in [3.63, 3.8) is 0 Å². The minimum atomic E-state index is -1.23. The summed E-state index contributed by atoms with van der Waals surface area (Å²) in [4.78, 5) is 11.0. The van der Waals surface area contributed by atoms with Crippen LogP contribution in [-0.2, 0) is 11.2 Å². The zero-order chi connectivity index (χ0) is 15.2. The average Bonchev–Trinajstić information content (AvgIpc) is 2.47. The number of aryl methyl sites for hydroxylation is 2. The molecule has 0 saturated carbocycles. The Hall–Kier alpha value is -2.29. The molecule has 3 heteroatoms. The van der Waals surface area contributed by atoms with Crippen LogP contribution in [0.2, 0.25) is 0 Å². The highest BCUT2D eigenvalue weighted by molar-refractivity contribution is 5.57. The van der Waals surface area contributed by atoms with Gasteiger partial charge < -0.3 is 9.84 Å². The minimum Gasteiger partial charge on any atom is -0.450 e. The van der Waals surface area contributed by atoms with E-state index in [9.17, 15) is 4.79 Å². The third kappa shape index (κ3) is 4.09. The molecule has 1 atom stereocenters. The molecule has 1 N–H and O–H groups in total. The first-order chi connectivity index (χ1) is 10.1. The summed E-state index contributed by atoms with van der Waals surface area (Å²) in [7, 11) is 0. The second-order valence-electron chi connectivity index (χ2n) is 5.19. The van der Waals surface area contributed by atoms with Gasteiger partial charge in [0.1, 0.15) is 6.10 Å². The number of carboxylic acid groups (broad SMARTS) is 1. The van der Waals surface area contributed by atoms with Crippen LogP contribution in [0, 0.1) is 13.8 Å². The van der Waals surface area contributed by atoms with Crippen LogP contribution in [0.1, 0.15) is 34.8 Å². The predicted octanol–water partition coefficient (Wildman–Crippen LogP) is 4.67. The van der Waals surface area contributed by atoms with E-state index in [0.717, 1.165) is 23.1 Å². The Bertz CT molecular complexity index is 605. The van der Waals surface area contributed by atoms with Crippen molar-refractivity contribution in [3.05, 3.63) is 70.8 Å². The van der Waals surface area contributed by atoms with Crippen molar-refractivity contribution in [3.8, 4) is 0 Å². The molecular formula is C18H20O3. The molecule has 0 aliphatic heterocycles. The maximum Gasteiger partial charge on any atom is 0.506 e. The van der Waals surface area contributed by atoms with Gasteiger partial charge in [-0.25, -0.2) is 4.79 Å². The van der Waals surface area contributed by atoms with Gasteiger partial charge in [-0.2, -0.15) is 0 Å². The van der Waals surface area contributed by atoms with E-state index in [1.165, 1.54) is 5.56 Å². The summed E-state index contributed by atoms with van der Waals surface area (Å²) >= 11 is 0. The van der Waals surface area contributed by atoms with Gasteiger partial charge in [-0.15, -0.1) is 0 Å². The summed E-state index contributed by atoms with van der Waals surface area (Å²) in [6.07, 6.45) is -0.233. The minimum absolute atomic E-state index is 0.428. The van der Waals surface area contributed by atoms with Crippen molar-refractivity contribution in [2.75, 3.05) is 0 Å². The lowest BCUT2D eigenvalue weighted by Crippen LogP contribution is -2.12. The number of ether oxygens (including phenoxy) is 1. The molecule has 2 rings (SSSR count). The van der Waals surface area contributed by atoms with Crippen LogP contribution < -0.4 is 0 Å². The van der Waals surface area contributed by atoms with Crippen molar-refractivity contribution in [2.24, 2.45) is 0 Å². The van der Waals surface area contributed by atoms with Gasteiger partial charge in [-0.05, 0) is 48.9 Å². The van der Waals surface area contributed by atoms with Crippen LogP contribution in [0.4, 0.5) is 4.79 Å². The van der Waals surface area contributed by atoms with Crippen molar-refractivity contribution >= 4 is 6.16 Å². The third-order valence-electron chi connectivity index (χ3n) is 3.77. The van der Waals surface area contributed by atoms with Crippen LogP contribution in [0.25, 0.3) is 0 Å². The number of benzene rings is 2. The molecule has 2 aromatic rings. The Morgan fingerprint density at radius 2 is 1.81 bits per heavy atom. The first-order valence-corrected chi connectivity index (χ1v) is 7.07. The largest absolute Gasteiger partial charge is 0.506 e. The summed E-state index contributed by atoms with van der Waals surface area (Å²) in [5.74, 6) is 0. The first-order valence-electron chi connectivity index (χ1n) is 7.07. The molecule has 0 aromatic heterocycles. The maximum absolute atomic E-state index is 11.0. The standard InChI is InChI=1S/C18H20O3/c1-13-7-6-10-16(14(13)2)17(21-18(19)20)12-11-15-8-4-3-5-9-15/h3-10,17H,11-12H2,1-2H3,(H,19,20). The fraction of sp³-hybridized carbons (Fsp3) is 0.278. The lowest BCUT2D eigenvalue weighted by Gasteiger charge is -2.19. The van der Waals surface area contributed by atoms with Gasteiger partial charge in [0.2, 0.25) is 0 Å². The van der Waals surface area contributed by atoms with E-state index >= 15 is 0 Å². The van der Waals surface area contributed by atoms with Crippen molar-refractivity contribution in [1.29, 1.82) is 0 Å². The average molecular weight is 284 g/mol. The second kappa shape index (κ2) is 6.93. The fourth-order valence-corrected chi connectivity index (χ4v) is 2.46. The van der Waals surface area contributed by atoms with E-state index in [0.29, 0.717) is 6.42 Å². The van der Waals surface area contributed by atoms with Crippen LogP contribution in [0.5, 0.6) is 0 Å². The summed E-state index contributed by atoms with van der Waals surface area (Å²) in [5, 5.41) is 8.98. The highest BCUT2D eigenvalue weighted by Gasteiger charge is 2.18. The van der Waals surface area contributed by atoms with Crippen LogP contribution in [-0.4, -0.2) is 11.3 Å². The highest BCUT2D eigenvalue weighted by Crippen LogP contribution is 2.27. The number of hydrogen-bond acceptors (Lipinski definition) is 2. The molecule has 0 saturated heterocycles. The molecule has 0 radical (unpaired) electrons. The number of rotatable bonds is 5. The lowest BCUT2D eigenvalue weighted by molar-refractivity contribution is 0.0474. The molecule has 110 valence electrons. The molecule has 0 bridgehead atoms. The summed E-state index contributed by atoms with van der Waals surface area (Å²) in [6, 6.07) is 15.9. The van der Waals surface area contributed by atoms with E-state index in [1.54, 1.807) is 0 Å². The van der Waals surface area contributed by atoms with Crippen LogP contribution >= 0.6 is 0 Å². The smallest absolute Gasteiger partial charge is 0.450 e. The quantitative estimate of drug-likeness (QED) is 0.811. The monoisotopic (exact) mass is 284 g/mol. The molecule has 3 nitrogen and oxygen atoms in total. The Labute approximate surface area is 125 Å². The van der Waals surface area contributed by atoms with Crippen LogP contribution in [0.15, 0.2) is 48.5 Å². The molecule has 21 heavy (non-hydrogen) atoms. The van der Waals surface area contributed by atoms with E-state index < -0.39 is 12.3 Å². The molecule has 0 aliphatic carbocycles. The number of carbonyl (C=O) groups is 1. The molecular weight excluding hydrogens is 264 g/mol. The van der Waals surface area contributed by atoms with Gasteiger partial charge in [0.15, 0.2) is 0 Å². The van der Waals surface area contributed by atoms with Gasteiger partial charge >= 0.3 is 6.16 Å². The normalized spacial score (nSPS) is 11.9. The zero-order valence-corrected chi connectivity index (χ0v) is 12.4. The highest BCUT2D eigenvalue weighted by atomic mass is 16.7. The number of hydrogen-bond donors (Lipinski definition) is 1. The van der Waals surface area contributed by atoms with Crippen LogP contribution in [0.3, 0.4) is 0 Å². The summed E-state index contributed by atoms with van der Waals surface area (Å²) in [6.45, 7) is 4.03. The topological polar surface area (TPSA) is 46.5 Å². The molecule has 0 fully saturated rings. The summed E-state index contributed by atoms with van der Waals surface area (Å²) in [5.41, 5.74) is 4.37. The predicted molar refractivity (Wildman–Crippen MR) is 82.5 cm³/mol. The Balaban J connectivity index is 2.18. The SMILES string of the molecule is Cc1cccc(C(CCc2ccccc2)OC(=O)O)c1C. The van der Waals surface area contributed by atoms with Gasteiger partial charge in [0, 0.05) is 0 Å². The molecule has 0 aliphatic rings. The first kappa shape index (κ1) is 15.1. The third-order valence-corrected chi connectivity index (χ3v) is 3.77. The molecule has 1 unspecified atom stereocenters. The van der Waals surface area contributed by atoms with E-state index in [1.807, 2.05) is 62.4 Å².